The highest BCUT2D eigenvalue weighted by atomic mass is 32.2. The van der Waals surface area contributed by atoms with Gasteiger partial charge in [-0.05, 0) is 37.3 Å². The van der Waals surface area contributed by atoms with Crippen molar-refractivity contribution in [2.24, 2.45) is 7.05 Å². The smallest absolute Gasteiger partial charge is 0.337 e. The van der Waals surface area contributed by atoms with E-state index in [0.717, 1.165) is 11.8 Å². The normalized spacial score (nSPS) is 11.5. The number of nitrogens with zero attached hydrogens (tertiary/aromatic N) is 3. The summed E-state index contributed by atoms with van der Waals surface area (Å²) < 4.78 is 20.2. The fraction of sp³-hybridized carbons (Fsp3) is 0.227. The summed E-state index contributed by atoms with van der Waals surface area (Å²) in [6, 6.07) is 11.6. The summed E-state index contributed by atoms with van der Waals surface area (Å²) in [5.74, 6) is -1.47. The van der Waals surface area contributed by atoms with Gasteiger partial charge in [-0.15, -0.1) is 10.2 Å². The summed E-state index contributed by atoms with van der Waals surface area (Å²) >= 11 is 1.16. The van der Waals surface area contributed by atoms with Crippen LogP contribution in [0.1, 0.15) is 39.5 Å². The molecule has 2 N–H and O–H groups in total. The van der Waals surface area contributed by atoms with Gasteiger partial charge in [-0.25, -0.2) is 9.18 Å². The van der Waals surface area contributed by atoms with E-state index < -0.39 is 23.7 Å². The summed E-state index contributed by atoms with van der Waals surface area (Å²) in [6.07, 6.45) is 0. The molecule has 1 atom stereocenters. The molecule has 1 heterocycles. The average Bonchev–Trinajstić information content (AvgIpc) is 3.17. The second-order valence-electron chi connectivity index (χ2n) is 6.98. The van der Waals surface area contributed by atoms with Crippen LogP contribution in [0.15, 0.2) is 53.7 Å². The van der Waals surface area contributed by atoms with Crippen LogP contribution >= 0.6 is 11.8 Å². The maximum atomic E-state index is 13.8. The molecule has 0 aliphatic carbocycles. The van der Waals surface area contributed by atoms with Crippen molar-refractivity contribution in [3.63, 3.8) is 0 Å². The number of halogens is 1. The number of hydrogen-bond acceptors (Lipinski definition) is 7. The van der Waals surface area contributed by atoms with Gasteiger partial charge in [0.2, 0.25) is 5.91 Å². The number of nitrogens with one attached hydrogen (secondary N) is 2. The van der Waals surface area contributed by atoms with Crippen molar-refractivity contribution in [1.29, 1.82) is 0 Å². The third kappa shape index (κ3) is 5.95. The number of methoxy groups -OCH3 is 1. The van der Waals surface area contributed by atoms with E-state index in [1.165, 1.54) is 31.4 Å². The molecule has 0 saturated carbocycles. The molecule has 0 saturated heterocycles. The highest BCUT2D eigenvalue weighted by molar-refractivity contribution is 7.99. The van der Waals surface area contributed by atoms with E-state index in [2.05, 4.69) is 25.6 Å². The van der Waals surface area contributed by atoms with Crippen LogP contribution in [0.3, 0.4) is 0 Å². The van der Waals surface area contributed by atoms with E-state index in [1.807, 2.05) is 0 Å². The molecule has 3 rings (SSSR count). The van der Waals surface area contributed by atoms with Crippen LogP contribution in [0.25, 0.3) is 0 Å². The van der Waals surface area contributed by atoms with Crippen LogP contribution in [-0.2, 0) is 16.6 Å². The van der Waals surface area contributed by atoms with Crippen molar-refractivity contribution in [2.45, 2.75) is 18.1 Å². The number of ether oxygens (including phenoxy) is 1. The Kier molecular flexibility index (Phi) is 7.78. The second kappa shape index (κ2) is 10.7. The number of rotatable bonds is 8. The monoisotopic (exact) mass is 471 g/mol. The lowest BCUT2D eigenvalue weighted by Crippen LogP contribution is -2.29. The lowest BCUT2D eigenvalue weighted by Gasteiger charge is -2.14. The molecule has 2 amide bonds. The average molecular weight is 472 g/mol. The molecular weight excluding hydrogens is 449 g/mol. The summed E-state index contributed by atoms with van der Waals surface area (Å²) in [4.78, 5) is 36.3. The van der Waals surface area contributed by atoms with Crippen molar-refractivity contribution >= 4 is 35.2 Å². The number of esters is 1. The van der Waals surface area contributed by atoms with Gasteiger partial charge in [0.15, 0.2) is 11.0 Å². The SMILES string of the molecule is COC(=O)c1cccc(NC(=O)CSc2nnc([C@H](C)NC(=O)c3ccccc3F)n2C)c1. The summed E-state index contributed by atoms with van der Waals surface area (Å²) in [5, 5.41) is 14.0. The molecule has 3 aromatic rings. The fourth-order valence-corrected chi connectivity index (χ4v) is 3.70. The van der Waals surface area contributed by atoms with Gasteiger partial charge in [0, 0.05) is 12.7 Å². The van der Waals surface area contributed by atoms with E-state index in [1.54, 1.807) is 42.8 Å². The first-order valence-electron chi connectivity index (χ1n) is 9.86. The van der Waals surface area contributed by atoms with Crippen molar-refractivity contribution in [3.05, 3.63) is 71.3 Å². The highest BCUT2D eigenvalue weighted by Gasteiger charge is 2.20. The zero-order valence-electron chi connectivity index (χ0n) is 18.2. The Labute approximate surface area is 193 Å². The molecule has 0 fully saturated rings. The molecule has 172 valence electrons. The van der Waals surface area contributed by atoms with Crippen LogP contribution in [-0.4, -0.2) is 45.4 Å². The Morgan fingerprint density at radius 1 is 1.15 bits per heavy atom. The van der Waals surface area contributed by atoms with E-state index in [9.17, 15) is 18.8 Å². The molecule has 0 bridgehead atoms. The van der Waals surface area contributed by atoms with Gasteiger partial charge in [-0.2, -0.15) is 0 Å². The van der Waals surface area contributed by atoms with Crippen molar-refractivity contribution in [1.82, 2.24) is 20.1 Å². The Bertz CT molecular complexity index is 1180. The Hall–Kier alpha value is -3.73. The van der Waals surface area contributed by atoms with E-state index >= 15 is 0 Å². The van der Waals surface area contributed by atoms with Gasteiger partial charge in [-0.1, -0.05) is 30.0 Å². The fourth-order valence-electron chi connectivity index (χ4n) is 2.98. The lowest BCUT2D eigenvalue weighted by molar-refractivity contribution is -0.113. The zero-order valence-corrected chi connectivity index (χ0v) is 19.0. The van der Waals surface area contributed by atoms with Gasteiger partial charge < -0.3 is 19.9 Å². The largest absolute Gasteiger partial charge is 0.465 e. The lowest BCUT2D eigenvalue weighted by atomic mass is 10.2. The standard InChI is InChI=1S/C22H22FN5O4S/c1-13(24-20(30)16-9-4-5-10-17(16)23)19-26-27-22(28(19)2)33-12-18(29)25-15-8-6-7-14(11-15)21(31)32-3/h4-11,13H,12H2,1-3H3,(H,24,30)(H,25,29)/t13-/m0/s1. The number of anilines is 1. The molecule has 0 aliphatic heterocycles. The van der Waals surface area contributed by atoms with Crippen LogP contribution < -0.4 is 10.6 Å². The Balaban J connectivity index is 1.58. The number of amides is 2. The van der Waals surface area contributed by atoms with Crippen LogP contribution in [0.2, 0.25) is 0 Å². The van der Waals surface area contributed by atoms with E-state index in [0.29, 0.717) is 22.2 Å². The predicted molar refractivity (Wildman–Crippen MR) is 120 cm³/mol. The predicted octanol–water partition coefficient (Wildman–Crippen LogP) is 2.96. The second-order valence-corrected chi connectivity index (χ2v) is 7.93. The van der Waals surface area contributed by atoms with Gasteiger partial charge in [0.25, 0.3) is 5.91 Å². The van der Waals surface area contributed by atoms with E-state index in [-0.39, 0.29) is 17.2 Å². The van der Waals surface area contributed by atoms with Crippen molar-refractivity contribution in [2.75, 3.05) is 18.2 Å². The van der Waals surface area contributed by atoms with Crippen LogP contribution in [0.5, 0.6) is 0 Å². The minimum atomic E-state index is -0.612. The number of carbonyl (C=O) groups is 3. The van der Waals surface area contributed by atoms with Gasteiger partial charge in [0.1, 0.15) is 5.82 Å². The number of benzene rings is 2. The number of aromatic nitrogens is 3. The first-order valence-corrected chi connectivity index (χ1v) is 10.8. The molecule has 2 aromatic carbocycles. The molecule has 33 heavy (non-hydrogen) atoms. The topological polar surface area (TPSA) is 115 Å². The van der Waals surface area contributed by atoms with Crippen LogP contribution in [0, 0.1) is 5.82 Å². The van der Waals surface area contributed by atoms with Gasteiger partial charge >= 0.3 is 5.97 Å². The number of carbonyl (C=O) groups excluding carboxylic acids is 3. The minimum absolute atomic E-state index is 0.0460. The quantitative estimate of drug-likeness (QED) is 0.383. The molecule has 0 unspecified atom stereocenters. The first-order chi connectivity index (χ1) is 15.8. The third-order valence-corrected chi connectivity index (χ3v) is 5.64. The third-order valence-electron chi connectivity index (χ3n) is 4.62. The zero-order chi connectivity index (χ0) is 24.0. The summed E-state index contributed by atoms with van der Waals surface area (Å²) in [5.41, 5.74) is 0.730. The molecule has 9 nitrogen and oxygen atoms in total. The number of hydrogen-bond donors (Lipinski definition) is 2. The maximum Gasteiger partial charge on any atom is 0.337 e. The number of thioether (sulfide) groups is 1. The van der Waals surface area contributed by atoms with Crippen molar-refractivity contribution in [3.8, 4) is 0 Å². The van der Waals surface area contributed by atoms with E-state index in [4.69, 9.17) is 0 Å². The Morgan fingerprint density at radius 2 is 1.91 bits per heavy atom. The van der Waals surface area contributed by atoms with Crippen LogP contribution in [0.4, 0.5) is 10.1 Å². The first kappa shape index (κ1) is 23.9. The summed E-state index contributed by atoms with van der Waals surface area (Å²) in [6.45, 7) is 1.71. The molecule has 1 aromatic heterocycles. The molecule has 0 spiro atoms. The van der Waals surface area contributed by atoms with Gasteiger partial charge in [-0.3, -0.25) is 9.59 Å². The summed E-state index contributed by atoms with van der Waals surface area (Å²) in [7, 11) is 2.99. The van der Waals surface area contributed by atoms with Gasteiger partial charge in [0.05, 0.1) is 30.0 Å². The molecule has 0 aliphatic rings. The Morgan fingerprint density at radius 3 is 2.64 bits per heavy atom. The highest BCUT2D eigenvalue weighted by Crippen LogP contribution is 2.20. The molecule has 11 heteroatoms. The molecule has 0 radical (unpaired) electrons. The molecular formula is C22H22FN5O4S. The maximum absolute atomic E-state index is 13.8. The minimum Gasteiger partial charge on any atom is -0.465 e. The van der Waals surface area contributed by atoms with Crippen molar-refractivity contribution < 1.29 is 23.5 Å².